The summed E-state index contributed by atoms with van der Waals surface area (Å²) < 4.78 is 37.2. The van der Waals surface area contributed by atoms with Gasteiger partial charge in [-0.25, -0.2) is 8.78 Å². The third-order valence-corrected chi connectivity index (χ3v) is 4.34. The second-order valence-corrected chi connectivity index (χ2v) is 6.27. The molecule has 2 aromatic carbocycles. The second kappa shape index (κ2) is 6.45. The lowest BCUT2D eigenvalue weighted by Gasteiger charge is -2.13. The quantitative estimate of drug-likeness (QED) is 0.862. The van der Waals surface area contributed by atoms with E-state index in [-0.39, 0.29) is 17.6 Å². The maximum absolute atomic E-state index is 13.6. The van der Waals surface area contributed by atoms with Crippen LogP contribution in [0, 0.1) is 11.6 Å². The number of benzene rings is 2. The Morgan fingerprint density at radius 1 is 1.17 bits per heavy atom. The molecule has 1 N–H and O–H groups in total. The van der Waals surface area contributed by atoms with Crippen molar-refractivity contribution in [1.29, 1.82) is 0 Å². The Kier molecular flexibility index (Phi) is 4.38. The molecule has 3 rings (SSSR count). The van der Waals surface area contributed by atoms with Crippen molar-refractivity contribution in [2.75, 3.05) is 12.1 Å². The third-order valence-electron chi connectivity index (χ3n) is 3.21. The topological polar surface area (TPSA) is 47.6 Å². The van der Waals surface area contributed by atoms with Crippen LogP contribution in [0.25, 0.3) is 0 Å². The lowest BCUT2D eigenvalue weighted by molar-refractivity contribution is -0.115. The molecule has 1 aliphatic rings. The van der Waals surface area contributed by atoms with Gasteiger partial charge in [0.25, 0.3) is 0 Å². The summed E-state index contributed by atoms with van der Waals surface area (Å²) in [5, 5.41) is 2.11. The van der Waals surface area contributed by atoms with Crippen LogP contribution in [-0.4, -0.2) is 18.0 Å². The van der Waals surface area contributed by atoms with Crippen molar-refractivity contribution in [1.82, 2.24) is 0 Å². The van der Waals surface area contributed by atoms with Crippen LogP contribution in [-0.2, 0) is 4.79 Å². The van der Waals surface area contributed by atoms with Crippen molar-refractivity contribution in [3.8, 4) is 11.5 Å². The van der Waals surface area contributed by atoms with Crippen LogP contribution in [0.4, 0.5) is 14.5 Å². The van der Waals surface area contributed by atoms with Crippen LogP contribution in [0.1, 0.15) is 6.92 Å². The van der Waals surface area contributed by atoms with Crippen LogP contribution in [0.2, 0.25) is 0 Å². The van der Waals surface area contributed by atoms with Crippen LogP contribution < -0.4 is 14.8 Å². The van der Waals surface area contributed by atoms with Gasteiger partial charge >= 0.3 is 0 Å². The molecule has 0 fully saturated rings. The minimum atomic E-state index is -0.600. The second-order valence-electron chi connectivity index (χ2n) is 4.89. The summed E-state index contributed by atoms with van der Waals surface area (Å²) in [4.78, 5) is 12.3. The number of ether oxygens (including phenoxy) is 2. The van der Waals surface area contributed by atoms with E-state index in [1.54, 1.807) is 25.1 Å². The number of amides is 1. The Morgan fingerprint density at radius 3 is 2.78 bits per heavy atom. The standard InChI is InChI=1S/C16H13F2NO3S/c1-9(23-15-6-10(17)2-4-12(15)18)16(20)19-11-3-5-13-14(7-11)22-8-21-13/h2-7,9H,8H2,1H3,(H,19,20)/t9-/m1/s1. The van der Waals surface area contributed by atoms with Gasteiger partial charge < -0.3 is 14.8 Å². The van der Waals surface area contributed by atoms with Crippen molar-refractivity contribution in [3.05, 3.63) is 48.0 Å². The molecule has 1 aliphatic heterocycles. The fourth-order valence-electron chi connectivity index (χ4n) is 2.03. The van der Waals surface area contributed by atoms with Gasteiger partial charge in [-0.1, -0.05) is 0 Å². The lowest BCUT2D eigenvalue weighted by atomic mass is 10.2. The number of carbonyl (C=O) groups is 1. The first-order valence-electron chi connectivity index (χ1n) is 6.85. The monoisotopic (exact) mass is 337 g/mol. The molecule has 0 spiro atoms. The number of fused-ring (bicyclic) bond motifs is 1. The molecule has 1 amide bonds. The van der Waals surface area contributed by atoms with E-state index in [2.05, 4.69) is 5.32 Å². The fourth-order valence-corrected chi connectivity index (χ4v) is 2.94. The highest BCUT2D eigenvalue weighted by Gasteiger charge is 2.19. The number of carbonyl (C=O) groups excluding carboxylic acids is 1. The number of hydrogen-bond donors (Lipinski definition) is 1. The molecule has 4 nitrogen and oxygen atoms in total. The highest BCUT2D eigenvalue weighted by Crippen LogP contribution is 2.34. The average molecular weight is 337 g/mol. The van der Waals surface area contributed by atoms with Crippen LogP contribution >= 0.6 is 11.8 Å². The number of nitrogens with one attached hydrogen (secondary N) is 1. The molecule has 0 saturated heterocycles. The summed E-state index contributed by atoms with van der Waals surface area (Å²) in [7, 11) is 0. The maximum atomic E-state index is 13.6. The average Bonchev–Trinajstić information content (AvgIpc) is 2.98. The molecule has 1 heterocycles. The third kappa shape index (κ3) is 3.56. The molecule has 120 valence electrons. The minimum Gasteiger partial charge on any atom is -0.454 e. The number of anilines is 1. The molecular formula is C16H13F2NO3S. The number of thioether (sulfide) groups is 1. The van der Waals surface area contributed by atoms with E-state index in [4.69, 9.17) is 9.47 Å². The van der Waals surface area contributed by atoms with E-state index in [9.17, 15) is 13.6 Å². The SMILES string of the molecule is C[C@@H](Sc1cc(F)ccc1F)C(=O)Nc1ccc2c(c1)OCO2. The van der Waals surface area contributed by atoms with Crippen molar-refractivity contribution < 1.29 is 23.0 Å². The molecule has 0 bridgehead atoms. The first kappa shape index (κ1) is 15.6. The number of rotatable bonds is 4. The molecule has 0 saturated carbocycles. The van der Waals surface area contributed by atoms with E-state index in [1.807, 2.05) is 0 Å². The summed E-state index contributed by atoms with van der Waals surface area (Å²) in [6.45, 7) is 1.77. The highest BCUT2D eigenvalue weighted by atomic mass is 32.2. The Morgan fingerprint density at radius 2 is 1.96 bits per heavy atom. The molecule has 7 heteroatoms. The minimum absolute atomic E-state index is 0.0957. The first-order chi connectivity index (χ1) is 11.0. The Labute approximate surface area is 135 Å². The summed E-state index contributed by atoms with van der Waals surface area (Å²) >= 11 is 0.954. The molecular weight excluding hydrogens is 324 g/mol. The van der Waals surface area contributed by atoms with Gasteiger partial charge in [-0.15, -0.1) is 11.8 Å². The van der Waals surface area contributed by atoms with E-state index >= 15 is 0 Å². The Balaban J connectivity index is 1.67. The van der Waals surface area contributed by atoms with Gasteiger partial charge in [-0.05, 0) is 37.3 Å². The molecule has 0 radical (unpaired) electrons. The van der Waals surface area contributed by atoms with Gasteiger partial charge in [0.2, 0.25) is 12.7 Å². The summed E-state index contributed by atoms with van der Waals surface area (Å²) in [5.41, 5.74) is 0.548. The van der Waals surface area contributed by atoms with Gasteiger partial charge in [0, 0.05) is 16.6 Å². The number of halogens is 2. The summed E-state index contributed by atoms with van der Waals surface area (Å²) in [6, 6.07) is 8.19. The molecule has 0 aromatic heterocycles. The van der Waals surface area contributed by atoms with Crippen molar-refractivity contribution in [2.45, 2.75) is 17.1 Å². The Bertz CT molecular complexity index is 754. The lowest BCUT2D eigenvalue weighted by Crippen LogP contribution is -2.22. The molecule has 0 aliphatic carbocycles. The van der Waals surface area contributed by atoms with E-state index in [1.165, 1.54) is 0 Å². The predicted octanol–water partition coefficient (Wildman–Crippen LogP) is 3.81. The number of hydrogen-bond acceptors (Lipinski definition) is 4. The van der Waals surface area contributed by atoms with Crippen LogP contribution in [0.15, 0.2) is 41.3 Å². The van der Waals surface area contributed by atoms with Crippen molar-refractivity contribution in [2.24, 2.45) is 0 Å². The molecule has 0 unspecified atom stereocenters. The van der Waals surface area contributed by atoms with E-state index in [0.717, 1.165) is 30.0 Å². The largest absolute Gasteiger partial charge is 0.454 e. The highest BCUT2D eigenvalue weighted by molar-refractivity contribution is 8.00. The molecule has 23 heavy (non-hydrogen) atoms. The van der Waals surface area contributed by atoms with Crippen molar-refractivity contribution in [3.63, 3.8) is 0 Å². The maximum Gasteiger partial charge on any atom is 0.237 e. The fraction of sp³-hybridized carbons (Fsp3) is 0.188. The van der Waals surface area contributed by atoms with Gasteiger partial charge in [0.15, 0.2) is 11.5 Å². The zero-order chi connectivity index (χ0) is 16.4. The zero-order valence-electron chi connectivity index (χ0n) is 12.1. The molecule has 2 aromatic rings. The van der Waals surface area contributed by atoms with Gasteiger partial charge in [0.05, 0.1) is 5.25 Å². The summed E-state index contributed by atoms with van der Waals surface area (Å²) in [5.74, 6) is -0.250. The smallest absolute Gasteiger partial charge is 0.237 e. The normalized spacial score (nSPS) is 13.7. The Hall–Kier alpha value is -2.28. The van der Waals surface area contributed by atoms with Crippen LogP contribution in [0.5, 0.6) is 11.5 Å². The van der Waals surface area contributed by atoms with Crippen LogP contribution in [0.3, 0.4) is 0 Å². The van der Waals surface area contributed by atoms with Gasteiger partial charge in [0.1, 0.15) is 11.6 Å². The van der Waals surface area contributed by atoms with Gasteiger partial charge in [-0.2, -0.15) is 0 Å². The van der Waals surface area contributed by atoms with Crippen molar-refractivity contribution >= 4 is 23.4 Å². The summed E-state index contributed by atoms with van der Waals surface area (Å²) in [6.07, 6.45) is 0. The predicted molar refractivity (Wildman–Crippen MR) is 82.9 cm³/mol. The van der Waals surface area contributed by atoms with E-state index in [0.29, 0.717) is 17.2 Å². The first-order valence-corrected chi connectivity index (χ1v) is 7.73. The molecule has 1 atom stereocenters. The van der Waals surface area contributed by atoms with Gasteiger partial charge in [-0.3, -0.25) is 4.79 Å². The van der Waals surface area contributed by atoms with E-state index < -0.39 is 16.9 Å². The zero-order valence-corrected chi connectivity index (χ0v) is 13.0.